The molecule has 0 aliphatic carbocycles. The topological polar surface area (TPSA) is 83.6 Å². The van der Waals surface area contributed by atoms with Crippen LogP contribution < -0.4 is 10.6 Å². The van der Waals surface area contributed by atoms with Crippen molar-refractivity contribution in [2.75, 3.05) is 45.9 Å². The Morgan fingerprint density at radius 3 is 2.77 bits per heavy atom. The highest BCUT2D eigenvalue weighted by molar-refractivity contribution is 5.94. The van der Waals surface area contributed by atoms with Crippen molar-refractivity contribution in [3.63, 3.8) is 0 Å². The molecule has 0 radical (unpaired) electrons. The third kappa shape index (κ3) is 4.78. The summed E-state index contributed by atoms with van der Waals surface area (Å²) in [6.07, 6.45) is 0. The molecule has 2 N–H and O–H groups in total. The normalized spacial score (nSPS) is 15.3. The van der Waals surface area contributed by atoms with E-state index >= 15 is 0 Å². The minimum atomic E-state index is -0.516. The van der Waals surface area contributed by atoms with E-state index in [2.05, 4.69) is 20.5 Å². The number of nitrogens with one attached hydrogen (secondary N) is 2. The van der Waals surface area contributed by atoms with E-state index in [0.29, 0.717) is 6.54 Å². The Balaban J connectivity index is 1.83. The number of carbonyl (C=O) groups excluding carboxylic acids is 2. The SMILES string of the molecule is CCOC(=O)c1cccc(C(=O)NCCN2CCNCC2)n1. The molecule has 1 amide bonds. The summed E-state index contributed by atoms with van der Waals surface area (Å²) in [5.74, 6) is -0.792. The second-order valence-electron chi connectivity index (χ2n) is 4.98. The minimum absolute atomic E-state index is 0.150. The number of hydrogen-bond donors (Lipinski definition) is 2. The molecular weight excluding hydrogens is 284 g/mol. The largest absolute Gasteiger partial charge is 0.461 e. The van der Waals surface area contributed by atoms with Crippen LogP contribution in [0.3, 0.4) is 0 Å². The van der Waals surface area contributed by atoms with E-state index in [9.17, 15) is 9.59 Å². The number of carbonyl (C=O) groups is 2. The first kappa shape index (κ1) is 16.4. The Morgan fingerprint density at radius 1 is 1.32 bits per heavy atom. The van der Waals surface area contributed by atoms with Gasteiger partial charge >= 0.3 is 5.97 Å². The summed E-state index contributed by atoms with van der Waals surface area (Å²) in [5, 5.41) is 6.11. The zero-order valence-corrected chi connectivity index (χ0v) is 12.8. The number of amides is 1. The number of rotatable bonds is 6. The Hall–Kier alpha value is -1.99. The molecule has 7 heteroatoms. The molecule has 0 saturated carbocycles. The molecular formula is C15H22N4O3. The molecule has 0 bridgehead atoms. The maximum Gasteiger partial charge on any atom is 0.356 e. The number of pyridine rings is 1. The zero-order valence-electron chi connectivity index (χ0n) is 12.8. The van der Waals surface area contributed by atoms with Crippen molar-refractivity contribution in [2.45, 2.75) is 6.92 Å². The van der Waals surface area contributed by atoms with Gasteiger partial charge in [0.2, 0.25) is 0 Å². The molecule has 0 aromatic carbocycles. The van der Waals surface area contributed by atoms with E-state index in [-0.39, 0.29) is 23.9 Å². The van der Waals surface area contributed by atoms with E-state index < -0.39 is 5.97 Å². The van der Waals surface area contributed by atoms with Gasteiger partial charge in [0.15, 0.2) is 0 Å². The molecule has 1 aromatic rings. The average Bonchev–Trinajstić information content (AvgIpc) is 2.56. The standard InChI is InChI=1S/C15H22N4O3/c1-2-22-15(21)13-5-3-4-12(18-13)14(20)17-8-11-19-9-6-16-7-10-19/h3-5,16H,2,6-11H2,1H3,(H,17,20). The van der Waals surface area contributed by atoms with Crippen LogP contribution in [0.5, 0.6) is 0 Å². The molecule has 7 nitrogen and oxygen atoms in total. The van der Waals surface area contributed by atoms with E-state index in [4.69, 9.17) is 4.74 Å². The highest BCUT2D eigenvalue weighted by Gasteiger charge is 2.14. The molecule has 1 aromatic heterocycles. The first-order valence-electron chi connectivity index (χ1n) is 7.56. The maximum atomic E-state index is 12.1. The summed E-state index contributed by atoms with van der Waals surface area (Å²) in [6.45, 7) is 7.33. The van der Waals surface area contributed by atoms with Gasteiger partial charge < -0.3 is 15.4 Å². The Bertz CT molecular complexity index is 515. The third-order valence-corrected chi connectivity index (χ3v) is 3.39. The molecule has 0 atom stereocenters. The summed E-state index contributed by atoms with van der Waals surface area (Å²) in [7, 11) is 0. The molecule has 2 rings (SSSR count). The predicted octanol–water partition coefficient (Wildman–Crippen LogP) is -0.107. The van der Waals surface area contributed by atoms with Crippen LogP contribution in [0.15, 0.2) is 18.2 Å². The van der Waals surface area contributed by atoms with Gasteiger partial charge in [-0.15, -0.1) is 0 Å². The number of piperazine rings is 1. The zero-order chi connectivity index (χ0) is 15.8. The van der Waals surface area contributed by atoms with Gasteiger partial charge in [-0.25, -0.2) is 9.78 Å². The van der Waals surface area contributed by atoms with Crippen molar-refractivity contribution >= 4 is 11.9 Å². The molecule has 1 fully saturated rings. The van der Waals surface area contributed by atoms with Gasteiger partial charge in [-0.2, -0.15) is 0 Å². The number of esters is 1. The Morgan fingerprint density at radius 2 is 2.05 bits per heavy atom. The molecule has 0 unspecified atom stereocenters. The van der Waals surface area contributed by atoms with E-state index in [0.717, 1.165) is 32.7 Å². The summed E-state index contributed by atoms with van der Waals surface area (Å²) in [6, 6.07) is 4.75. The van der Waals surface area contributed by atoms with Gasteiger partial charge in [-0.05, 0) is 19.1 Å². The van der Waals surface area contributed by atoms with Crippen LogP contribution in [0.2, 0.25) is 0 Å². The van der Waals surface area contributed by atoms with Crippen LogP contribution in [0, 0.1) is 0 Å². The van der Waals surface area contributed by atoms with Crippen molar-refractivity contribution in [1.29, 1.82) is 0 Å². The van der Waals surface area contributed by atoms with Crippen molar-refractivity contribution < 1.29 is 14.3 Å². The molecule has 1 saturated heterocycles. The van der Waals surface area contributed by atoms with E-state index in [1.807, 2.05) is 0 Å². The van der Waals surface area contributed by atoms with Gasteiger partial charge in [0.05, 0.1) is 6.61 Å². The molecule has 1 aliphatic rings. The molecule has 22 heavy (non-hydrogen) atoms. The first-order valence-corrected chi connectivity index (χ1v) is 7.56. The Labute approximate surface area is 130 Å². The summed E-state index contributed by atoms with van der Waals surface area (Å²) >= 11 is 0. The lowest BCUT2D eigenvalue weighted by Gasteiger charge is -2.27. The summed E-state index contributed by atoms with van der Waals surface area (Å²) in [4.78, 5) is 30.0. The fourth-order valence-corrected chi connectivity index (χ4v) is 2.23. The van der Waals surface area contributed by atoms with E-state index in [1.54, 1.807) is 19.1 Å². The number of hydrogen-bond acceptors (Lipinski definition) is 6. The van der Waals surface area contributed by atoms with Crippen LogP contribution in [0.1, 0.15) is 27.9 Å². The lowest BCUT2D eigenvalue weighted by Crippen LogP contribution is -2.46. The predicted molar refractivity (Wildman–Crippen MR) is 81.8 cm³/mol. The highest BCUT2D eigenvalue weighted by atomic mass is 16.5. The van der Waals surface area contributed by atoms with Crippen molar-refractivity contribution in [3.8, 4) is 0 Å². The second-order valence-corrected chi connectivity index (χ2v) is 4.98. The van der Waals surface area contributed by atoms with Gasteiger partial charge in [-0.3, -0.25) is 9.69 Å². The maximum absolute atomic E-state index is 12.1. The highest BCUT2D eigenvalue weighted by Crippen LogP contribution is 2.02. The summed E-state index contributed by atoms with van der Waals surface area (Å²) < 4.78 is 4.88. The van der Waals surface area contributed by atoms with Crippen molar-refractivity contribution in [2.24, 2.45) is 0 Å². The first-order chi connectivity index (χ1) is 10.7. The van der Waals surface area contributed by atoms with Gasteiger partial charge in [0.25, 0.3) is 5.91 Å². The van der Waals surface area contributed by atoms with Crippen LogP contribution in [-0.2, 0) is 4.74 Å². The number of nitrogens with zero attached hydrogens (tertiary/aromatic N) is 2. The summed E-state index contributed by atoms with van der Waals surface area (Å²) in [5.41, 5.74) is 0.377. The van der Waals surface area contributed by atoms with Crippen molar-refractivity contribution in [3.05, 3.63) is 29.6 Å². The van der Waals surface area contributed by atoms with Crippen LogP contribution in [0.4, 0.5) is 0 Å². The monoisotopic (exact) mass is 306 g/mol. The van der Waals surface area contributed by atoms with Crippen molar-refractivity contribution in [1.82, 2.24) is 20.5 Å². The Kier molecular flexibility index (Phi) is 6.29. The molecule has 1 aliphatic heterocycles. The quantitative estimate of drug-likeness (QED) is 0.714. The van der Waals surface area contributed by atoms with E-state index in [1.165, 1.54) is 6.07 Å². The second kappa shape index (κ2) is 8.45. The van der Waals surface area contributed by atoms with Gasteiger partial charge in [0, 0.05) is 39.3 Å². The lowest BCUT2D eigenvalue weighted by atomic mass is 10.3. The fourth-order valence-electron chi connectivity index (χ4n) is 2.23. The number of ether oxygens (including phenoxy) is 1. The van der Waals surface area contributed by atoms with Crippen LogP contribution >= 0.6 is 0 Å². The number of aromatic nitrogens is 1. The molecule has 2 heterocycles. The van der Waals surface area contributed by atoms with Crippen LogP contribution in [-0.4, -0.2) is 67.6 Å². The lowest BCUT2D eigenvalue weighted by molar-refractivity contribution is 0.0519. The minimum Gasteiger partial charge on any atom is -0.461 e. The smallest absolute Gasteiger partial charge is 0.356 e. The fraction of sp³-hybridized carbons (Fsp3) is 0.533. The molecule has 120 valence electrons. The average molecular weight is 306 g/mol. The third-order valence-electron chi connectivity index (χ3n) is 3.39. The van der Waals surface area contributed by atoms with Gasteiger partial charge in [-0.1, -0.05) is 6.07 Å². The van der Waals surface area contributed by atoms with Crippen LogP contribution in [0.25, 0.3) is 0 Å². The van der Waals surface area contributed by atoms with Gasteiger partial charge in [0.1, 0.15) is 11.4 Å². The molecule has 0 spiro atoms.